The molecule has 0 spiro atoms. The summed E-state index contributed by atoms with van der Waals surface area (Å²) in [5, 5.41) is 7.84. The van der Waals surface area contributed by atoms with Gasteiger partial charge in [0.2, 0.25) is 0 Å². The van der Waals surface area contributed by atoms with Gasteiger partial charge in [-0.25, -0.2) is 0 Å². The number of aryl methyl sites for hydroxylation is 2. The fraction of sp³-hybridized carbons (Fsp3) is 0.533. The highest BCUT2D eigenvalue weighted by Gasteiger charge is 2.26. The molecule has 3 heterocycles. The highest BCUT2D eigenvalue weighted by atomic mass is 19.3. The van der Waals surface area contributed by atoms with Crippen LogP contribution in [0.1, 0.15) is 28.3 Å². The van der Waals surface area contributed by atoms with Gasteiger partial charge in [-0.05, 0) is 13.0 Å². The van der Waals surface area contributed by atoms with Gasteiger partial charge in [0.15, 0.2) is 0 Å². The van der Waals surface area contributed by atoms with E-state index in [0.29, 0.717) is 30.9 Å². The van der Waals surface area contributed by atoms with Gasteiger partial charge in [-0.2, -0.15) is 23.7 Å². The number of nitrogens with zero attached hydrogens (tertiary/aromatic N) is 6. The molecule has 0 saturated carbocycles. The van der Waals surface area contributed by atoms with Crippen molar-refractivity contribution in [3.05, 3.63) is 35.4 Å². The van der Waals surface area contributed by atoms with Gasteiger partial charge in [0.25, 0.3) is 5.91 Å². The van der Waals surface area contributed by atoms with E-state index in [-0.39, 0.29) is 5.69 Å². The highest BCUT2D eigenvalue weighted by molar-refractivity contribution is 5.92. The van der Waals surface area contributed by atoms with E-state index in [1.165, 1.54) is 12.3 Å². The summed E-state index contributed by atoms with van der Waals surface area (Å²) < 4.78 is 27.9. The van der Waals surface area contributed by atoms with Crippen molar-refractivity contribution in [3.63, 3.8) is 0 Å². The van der Waals surface area contributed by atoms with Gasteiger partial charge in [0.05, 0.1) is 5.69 Å². The summed E-state index contributed by atoms with van der Waals surface area (Å²) in [5.41, 5.74) is 2.09. The first-order valence-electron chi connectivity index (χ1n) is 7.78. The molecule has 7 nitrogen and oxygen atoms in total. The number of piperazine rings is 1. The maximum atomic E-state index is 12.8. The molecule has 1 aliphatic heterocycles. The van der Waals surface area contributed by atoms with Crippen LogP contribution >= 0.6 is 0 Å². The molecule has 1 amide bonds. The van der Waals surface area contributed by atoms with E-state index in [9.17, 15) is 13.6 Å². The van der Waals surface area contributed by atoms with Gasteiger partial charge < -0.3 is 4.90 Å². The van der Waals surface area contributed by atoms with Gasteiger partial charge in [-0.15, -0.1) is 0 Å². The van der Waals surface area contributed by atoms with E-state index in [1.807, 2.05) is 20.2 Å². The zero-order valence-corrected chi connectivity index (χ0v) is 13.7. The second-order valence-electron chi connectivity index (χ2n) is 5.92. The first kappa shape index (κ1) is 16.6. The van der Waals surface area contributed by atoms with E-state index in [2.05, 4.69) is 15.1 Å². The van der Waals surface area contributed by atoms with E-state index in [4.69, 9.17) is 0 Å². The summed E-state index contributed by atoms with van der Waals surface area (Å²) in [6, 6.07) is 1.33. The fourth-order valence-electron chi connectivity index (χ4n) is 2.95. The van der Waals surface area contributed by atoms with E-state index >= 15 is 0 Å². The number of alkyl halides is 2. The third-order valence-corrected chi connectivity index (χ3v) is 4.24. The molecular weight excluding hydrogens is 318 g/mol. The zero-order valence-electron chi connectivity index (χ0n) is 13.7. The maximum Gasteiger partial charge on any atom is 0.333 e. The third-order valence-electron chi connectivity index (χ3n) is 4.24. The van der Waals surface area contributed by atoms with Crippen molar-refractivity contribution < 1.29 is 13.6 Å². The Morgan fingerprint density at radius 2 is 2.00 bits per heavy atom. The molecular formula is C15H20F2N6O. The lowest BCUT2D eigenvalue weighted by molar-refractivity contribution is 0.0423. The Bertz CT molecular complexity index is 717. The normalized spacial score (nSPS) is 16.1. The van der Waals surface area contributed by atoms with Gasteiger partial charge in [0.1, 0.15) is 5.69 Å². The van der Waals surface area contributed by atoms with E-state index in [1.54, 1.807) is 9.58 Å². The van der Waals surface area contributed by atoms with Crippen molar-refractivity contribution in [2.75, 3.05) is 26.2 Å². The molecule has 3 rings (SSSR count). The topological polar surface area (TPSA) is 59.2 Å². The van der Waals surface area contributed by atoms with Crippen LogP contribution in [0.3, 0.4) is 0 Å². The molecule has 1 aliphatic rings. The molecule has 0 bridgehead atoms. The molecule has 0 aliphatic carbocycles. The monoisotopic (exact) mass is 338 g/mol. The van der Waals surface area contributed by atoms with Crippen LogP contribution in [-0.2, 0) is 13.6 Å². The Labute approximate surface area is 138 Å². The lowest BCUT2D eigenvalue weighted by Gasteiger charge is -2.34. The fourth-order valence-corrected chi connectivity index (χ4v) is 2.95. The molecule has 2 aromatic rings. The van der Waals surface area contributed by atoms with Gasteiger partial charge >= 0.3 is 6.55 Å². The molecule has 0 aromatic carbocycles. The highest BCUT2D eigenvalue weighted by Crippen LogP contribution is 2.16. The second-order valence-corrected chi connectivity index (χ2v) is 5.92. The number of aromatic nitrogens is 4. The van der Waals surface area contributed by atoms with Crippen molar-refractivity contribution in [3.8, 4) is 0 Å². The summed E-state index contributed by atoms with van der Waals surface area (Å²) >= 11 is 0. The number of amides is 1. The molecule has 0 unspecified atom stereocenters. The van der Waals surface area contributed by atoms with Crippen LogP contribution in [0.15, 0.2) is 18.5 Å². The van der Waals surface area contributed by atoms with Crippen LogP contribution in [-0.4, -0.2) is 61.4 Å². The number of carbonyl (C=O) groups excluding carboxylic acids is 1. The quantitative estimate of drug-likeness (QED) is 0.843. The SMILES string of the molecule is Cc1nn(C)cc1CN1CCN(C(=O)c2ccnn2C(F)F)CC1. The molecule has 130 valence electrons. The van der Waals surface area contributed by atoms with Gasteiger partial charge in [0, 0.05) is 57.7 Å². The van der Waals surface area contributed by atoms with Crippen LogP contribution in [0.4, 0.5) is 8.78 Å². The largest absolute Gasteiger partial charge is 0.335 e. The van der Waals surface area contributed by atoms with Crippen molar-refractivity contribution in [1.82, 2.24) is 29.4 Å². The van der Waals surface area contributed by atoms with E-state index < -0.39 is 12.5 Å². The Kier molecular flexibility index (Phi) is 4.61. The van der Waals surface area contributed by atoms with Gasteiger partial charge in [-0.3, -0.25) is 14.4 Å². The average molecular weight is 338 g/mol. The smallest absolute Gasteiger partial charge is 0.333 e. The molecule has 0 atom stereocenters. The molecule has 9 heteroatoms. The number of carbonyl (C=O) groups is 1. The molecule has 0 radical (unpaired) electrons. The molecule has 1 fully saturated rings. The van der Waals surface area contributed by atoms with E-state index in [0.717, 1.165) is 17.8 Å². The lowest BCUT2D eigenvalue weighted by Crippen LogP contribution is -2.48. The Hall–Kier alpha value is -2.29. The van der Waals surface area contributed by atoms with Crippen molar-refractivity contribution in [1.29, 1.82) is 0 Å². The molecule has 1 saturated heterocycles. The maximum absolute atomic E-state index is 12.8. The predicted octanol–water partition coefficient (Wildman–Crippen LogP) is 1.28. The van der Waals surface area contributed by atoms with Crippen LogP contribution < -0.4 is 0 Å². The minimum atomic E-state index is -2.81. The predicted molar refractivity (Wildman–Crippen MR) is 82.6 cm³/mol. The minimum Gasteiger partial charge on any atom is -0.335 e. The van der Waals surface area contributed by atoms with Crippen LogP contribution in [0.5, 0.6) is 0 Å². The number of hydrogen-bond donors (Lipinski definition) is 0. The summed E-state index contributed by atoms with van der Waals surface area (Å²) in [7, 11) is 1.89. The zero-order chi connectivity index (χ0) is 17.3. The number of rotatable bonds is 4. The first-order valence-corrected chi connectivity index (χ1v) is 7.78. The lowest BCUT2D eigenvalue weighted by atomic mass is 10.2. The van der Waals surface area contributed by atoms with Crippen LogP contribution in [0, 0.1) is 6.92 Å². The van der Waals surface area contributed by atoms with Crippen LogP contribution in [0.2, 0.25) is 0 Å². The third kappa shape index (κ3) is 3.30. The van der Waals surface area contributed by atoms with Gasteiger partial charge in [-0.1, -0.05) is 0 Å². The second kappa shape index (κ2) is 6.68. The number of hydrogen-bond acceptors (Lipinski definition) is 4. The Morgan fingerprint density at radius 1 is 1.29 bits per heavy atom. The van der Waals surface area contributed by atoms with Crippen LogP contribution in [0.25, 0.3) is 0 Å². The first-order chi connectivity index (χ1) is 11.5. The minimum absolute atomic E-state index is 0.0680. The molecule has 24 heavy (non-hydrogen) atoms. The summed E-state index contributed by atoms with van der Waals surface area (Å²) in [4.78, 5) is 16.2. The van der Waals surface area contributed by atoms with Crippen molar-refractivity contribution >= 4 is 5.91 Å². The number of halogens is 2. The summed E-state index contributed by atoms with van der Waals surface area (Å²) in [6.45, 7) is 2.34. The molecule has 2 aromatic heterocycles. The van der Waals surface area contributed by atoms with Crippen molar-refractivity contribution in [2.24, 2.45) is 7.05 Å². The average Bonchev–Trinajstić information content (AvgIpc) is 3.14. The van der Waals surface area contributed by atoms with Crippen molar-refractivity contribution in [2.45, 2.75) is 20.0 Å². The Morgan fingerprint density at radius 3 is 2.58 bits per heavy atom. The molecule has 0 N–H and O–H groups in total. The Balaban J connectivity index is 1.59. The summed E-state index contributed by atoms with van der Waals surface area (Å²) in [5.74, 6) is -0.398. The summed E-state index contributed by atoms with van der Waals surface area (Å²) in [6.07, 6.45) is 3.22. The standard InChI is InChI=1S/C15H20F2N6O/c1-11-12(9-20(2)19-11)10-21-5-7-22(8-6-21)14(24)13-3-4-18-23(13)15(16)17/h3-4,9,15H,5-8,10H2,1-2H3.